The van der Waals surface area contributed by atoms with Crippen molar-refractivity contribution in [1.82, 2.24) is 4.98 Å². The van der Waals surface area contributed by atoms with Crippen LogP contribution in [0.15, 0.2) is 76.0 Å². The molecule has 0 aliphatic heterocycles. The van der Waals surface area contributed by atoms with Crippen LogP contribution in [0.2, 0.25) is 0 Å². The molecule has 0 saturated carbocycles. The molecule has 6 nitrogen and oxygen atoms in total. The zero-order valence-corrected chi connectivity index (χ0v) is 16.2. The van der Waals surface area contributed by atoms with Gasteiger partial charge in [-0.05, 0) is 49.4 Å². The lowest BCUT2D eigenvalue weighted by molar-refractivity contribution is 0.417. The van der Waals surface area contributed by atoms with Crippen LogP contribution in [-0.2, 0) is 10.0 Å². The van der Waals surface area contributed by atoms with Crippen molar-refractivity contribution in [3.63, 3.8) is 0 Å². The van der Waals surface area contributed by atoms with Gasteiger partial charge in [-0.2, -0.15) is 0 Å². The molecule has 0 aliphatic rings. The standard InChI is InChI=1S/C21H18N2O4S/c1-14-7-10-16(11-8-14)28(24,25)23-18-13-15(9-12-19(18)26-2)21-22-17-5-3-4-6-20(17)27-21/h3-13,23H,1-2H3. The van der Waals surface area contributed by atoms with E-state index in [2.05, 4.69) is 9.71 Å². The van der Waals surface area contributed by atoms with Crippen LogP contribution in [0, 0.1) is 6.92 Å². The first-order valence-electron chi connectivity index (χ1n) is 8.60. The summed E-state index contributed by atoms with van der Waals surface area (Å²) < 4.78 is 39.2. The Labute approximate surface area is 162 Å². The maximum Gasteiger partial charge on any atom is 0.262 e. The molecule has 1 aromatic heterocycles. The van der Waals surface area contributed by atoms with E-state index in [1.165, 1.54) is 7.11 Å². The van der Waals surface area contributed by atoms with Crippen molar-refractivity contribution in [1.29, 1.82) is 0 Å². The van der Waals surface area contributed by atoms with Crippen LogP contribution in [-0.4, -0.2) is 20.5 Å². The molecule has 0 amide bonds. The first-order chi connectivity index (χ1) is 13.5. The Morgan fingerprint density at radius 2 is 1.75 bits per heavy atom. The predicted octanol–water partition coefficient (Wildman–Crippen LogP) is 4.61. The number of aryl methyl sites for hydroxylation is 1. The summed E-state index contributed by atoms with van der Waals surface area (Å²) in [6.45, 7) is 1.90. The number of nitrogens with one attached hydrogen (secondary N) is 1. The van der Waals surface area contributed by atoms with Crippen molar-refractivity contribution in [3.05, 3.63) is 72.3 Å². The highest BCUT2D eigenvalue weighted by molar-refractivity contribution is 7.92. The quantitative estimate of drug-likeness (QED) is 0.534. The van der Waals surface area contributed by atoms with Crippen molar-refractivity contribution in [2.45, 2.75) is 11.8 Å². The van der Waals surface area contributed by atoms with Gasteiger partial charge in [0.1, 0.15) is 11.3 Å². The molecule has 0 aliphatic carbocycles. The number of hydrogen-bond donors (Lipinski definition) is 1. The molecule has 1 N–H and O–H groups in total. The van der Waals surface area contributed by atoms with Crippen LogP contribution in [0.1, 0.15) is 5.56 Å². The third kappa shape index (κ3) is 3.44. The summed E-state index contributed by atoms with van der Waals surface area (Å²) in [5.74, 6) is 0.801. The van der Waals surface area contributed by atoms with Crippen LogP contribution in [0.3, 0.4) is 0 Å². The van der Waals surface area contributed by atoms with E-state index in [1.54, 1.807) is 42.5 Å². The Hall–Kier alpha value is -3.32. The fourth-order valence-electron chi connectivity index (χ4n) is 2.84. The number of oxazole rings is 1. The predicted molar refractivity (Wildman–Crippen MR) is 108 cm³/mol. The van der Waals surface area contributed by atoms with E-state index in [9.17, 15) is 8.42 Å². The van der Waals surface area contributed by atoms with Gasteiger partial charge in [-0.3, -0.25) is 4.72 Å². The lowest BCUT2D eigenvalue weighted by atomic mass is 10.2. The number of anilines is 1. The van der Waals surface area contributed by atoms with E-state index in [-0.39, 0.29) is 4.90 Å². The van der Waals surface area contributed by atoms with Gasteiger partial charge in [0.15, 0.2) is 5.58 Å². The van der Waals surface area contributed by atoms with Crippen molar-refractivity contribution in [2.75, 3.05) is 11.8 Å². The first-order valence-corrected chi connectivity index (χ1v) is 10.1. The highest BCUT2D eigenvalue weighted by atomic mass is 32.2. The van der Waals surface area contributed by atoms with Gasteiger partial charge in [-0.25, -0.2) is 13.4 Å². The molecule has 0 fully saturated rings. The number of sulfonamides is 1. The number of fused-ring (bicyclic) bond motifs is 1. The Kier molecular flexibility index (Phi) is 4.52. The zero-order chi connectivity index (χ0) is 19.7. The molecule has 0 atom stereocenters. The van der Waals surface area contributed by atoms with E-state index in [1.807, 2.05) is 31.2 Å². The third-order valence-electron chi connectivity index (χ3n) is 4.32. The molecule has 4 rings (SSSR count). The van der Waals surface area contributed by atoms with Gasteiger partial charge in [0.05, 0.1) is 17.7 Å². The Balaban J connectivity index is 1.73. The smallest absolute Gasteiger partial charge is 0.262 e. The minimum absolute atomic E-state index is 0.174. The maximum absolute atomic E-state index is 12.8. The number of aromatic nitrogens is 1. The van der Waals surface area contributed by atoms with Crippen LogP contribution in [0.25, 0.3) is 22.6 Å². The largest absolute Gasteiger partial charge is 0.495 e. The van der Waals surface area contributed by atoms with E-state index < -0.39 is 10.0 Å². The highest BCUT2D eigenvalue weighted by Gasteiger charge is 2.18. The minimum Gasteiger partial charge on any atom is -0.495 e. The van der Waals surface area contributed by atoms with Gasteiger partial charge in [0.25, 0.3) is 10.0 Å². The summed E-state index contributed by atoms with van der Waals surface area (Å²) >= 11 is 0. The fourth-order valence-corrected chi connectivity index (χ4v) is 3.90. The molecule has 0 unspecified atom stereocenters. The number of nitrogens with zero attached hydrogens (tertiary/aromatic N) is 1. The number of methoxy groups -OCH3 is 1. The third-order valence-corrected chi connectivity index (χ3v) is 5.70. The molecule has 3 aromatic carbocycles. The number of hydrogen-bond acceptors (Lipinski definition) is 5. The van der Waals surface area contributed by atoms with E-state index in [0.717, 1.165) is 11.1 Å². The van der Waals surface area contributed by atoms with Gasteiger partial charge in [0, 0.05) is 5.56 Å². The van der Waals surface area contributed by atoms with Crippen LogP contribution in [0.5, 0.6) is 5.75 Å². The molecule has 0 bridgehead atoms. The second kappa shape index (κ2) is 7.01. The first kappa shape index (κ1) is 18.1. The van der Waals surface area contributed by atoms with Crippen LogP contribution in [0.4, 0.5) is 5.69 Å². The van der Waals surface area contributed by atoms with Crippen molar-refractivity contribution >= 4 is 26.8 Å². The number of rotatable bonds is 5. The van der Waals surface area contributed by atoms with Gasteiger partial charge < -0.3 is 9.15 Å². The topological polar surface area (TPSA) is 81.4 Å². The Morgan fingerprint density at radius 3 is 2.46 bits per heavy atom. The van der Waals surface area contributed by atoms with Gasteiger partial charge >= 0.3 is 0 Å². The Bertz CT molecular complexity index is 1210. The summed E-state index contributed by atoms with van der Waals surface area (Å²) in [4.78, 5) is 4.63. The summed E-state index contributed by atoms with van der Waals surface area (Å²) in [7, 11) is -2.28. The summed E-state index contributed by atoms with van der Waals surface area (Å²) in [5, 5.41) is 0. The van der Waals surface area contributed by atoms with Crippen LogP contribution < -0.4 is 9.46 Å². The maximum atomic E-state index is 12.8. The fraction of sp³-hybridized carbons (Fsp3) is 0.0952. The molecule has 4 aromatic rings. The molecular weight excluding hydrogens is 376 g/mol. The number of benzene rings is 3. The van der Waals surface area contributed by atoms with Gasteiger partial charge in [-0.15, -0.1) is 0 Å². The molecule has 0 saturated heterocycles. The van der Waals surface area contributed by atoms with E-state index in [4.69, 9.17) is 9.15 Å². The van der Waals surface area contributed by atoms with Crippen molar-refractivity contribution in [2.24, 2.45) is 0 Å². The average molecular weight is 394 g/mol. The zero-order valence-electron chi connectivity index (χ0n) is 15.3. The molecule has 1 heterocycles. The average Bonchev–Trinajstić information content (AvgIpc) is 3.12. The van der Waals surface area contributed by atoms with E-state index >= 15 is 0 Å². The van der Waals surface area contributed by atoms with Crippen molar-refractivity contribution < 1.29 is 17.6 Å². The number of para-hydroxylation sites is 2. The SMILES string of the molecule is COc1ccc(-c2nc3ccccc3o2)cc1NS(=O)(=O)c1ccc(C)cc1. The van der Waals surface area contributed by atoms with Crippen LogP contribution >= 0.6 is 0 Å². The molecule has 28 heavy (non-hydrogen) atoms. The lowest BCUT2D eigenvalue weighted by Gasteiger charge is -2.13. The lowest BCUT2D eigenvalue weighted by Crippen LogP contribution is -2.13. The minimum atomic E-state index is -3.77. The van der Waals surface area contributed by atoms with Crippen molar-refractivity contribution in [3.8, 4) is 17.2 Å². The molecular formula is C21H18N2O4S. The monoisotopic (exact) mass is 394 g/mol. The second-order valence-electron chi connectivity index (χ2n) is 6.32. The molecule has 0 radical (unpaired) electrons. The summed E-state index contributed by atoms with van der Waals surface area (Å²) in [6, 6.07) is 19.2. The second-order valence-corrected chi connectivity index (χ2v) is 8.00. The Morgan fingerprint density at radius 1 is 1.00 bits per heavy atom. The normalized spacial score (nSPS) is 11.5. The number of ether oxygens (including phenoxy) is 1. The van der Waals surface area contributed by atoms with Gasteiger partial charge in [0.2, 0.25) is 5.89 Å². The molecule has 0 spiro atoms. The summed E-state index contributed by atoms with van der Waals surface area (Å²) in [5.41, 5.74) is 3.32. The highest BCUT2D eigenvalue weighted by Crippen LogP contribution is 2.33. The molecule has 142 valence electrons. The van der Waals surface area contributed by atoms with E-state index in [0.29, 0.717) is 28.5 Å². The van der Waals surface area contributed by atoms with Gasteiger partial charge in [-0.1, -0.05) is 29.8 Å². The summed E-state index contributed by atoms with van der Waals surface area (Å²) in [6.07, 6.45) is 0. The molecule has 7 heteroatoms.